The first-order valence-corrected chi connectivity index (χ1v) is 6.22. The molecular weight excluding hydrogens is 212 g/mol. The summed E-state index contributed by atoms with van der Waals surface area (Å²) in [5.41, 5.74) is 3.15. The summed E-state index contributed by atoms with van der Waals surface area (Å²) in [5.74, 6) is 1.28. The van der Waals surface area contributed by atoms with Crippen molar-refractivity contribution < 1.29 is 9.90 Å². The molecule has 2 atom stereocenters. The van der Waals surface area contributed by atoms with Crippen LogP contribution in [0, 0.1) is 18.8 Å². The van der Waals surface area contributed by atoms with Crippen molar-refractivity contribution in [3.63, 3.8) is 0 Å². The van der Waals surface area contributed by atoms with E-state index in [1.54, 1.807) is 6.07 Å². The number of aryl methyl sites for hydroxylation is 1. The van der Waals surface area contributed by atoms with Gasteiger partial charge in [0.15, 0.2) is 5.78 Å². The van der Waals surface area contributed by atoms with Crippen molar-refractivity contribution in [2.24, 2.45) is 11.8 Å². The molecule has 0 saturated heterocycles. The Morgan fingerprint density at radius 3 is 2.76 bits per heavy atom. The van der Waals surface area contributed by atoms with E-state index in [1.165, 1.54) is 5.57 Å². The molecule has 1 aromatic carbocycles. The first-order valence-electron chi connectivity index (χ1n) is 6.22. The molecule has 0 aromatic heterocycles. The highest BCUT2D eigenvalue weighted by Gasteiger charge is 2.39. The third-order valence-electron chi connectivity index (χ3n) is 4.11. The zero-order chi connectivity index (χ0) is 12.0. The molecule has 0 radical (unpaired) electrons. The normalized spacial score (nSPS) is 27.1. The topological polar surface area (TPSA) is 37.3 Å². The number of ketones is 1. The summed E-state index contributed by atoms with van der Waals surface area (Å²) >= 11 is 0. The smallest absolute Gasteiger partial charge is 0.159 e. The zero-order valence-corrected chi connectivity index (χ0v) is 9.94. The highest BCUT2D eigenvalue weighted by atomic mass is 16.3. The fourth-order valence-corrected chi connectivity index (χ4v) is 3.17. The van der Waals surface area contributed by atoms with Gasteiger partial charge in [0.2, 0.25) is 0 Å². The van der Waals surface area contributed by atoms with Crippen molar-refractivity contribution in [2.45, 2.75) is 26.2 Å². The summed E-state index contributed by atoms with van der Waals surface area (Å²) < 4.78 is 0. The number of allylic oxidation sites excluding steroid dienone is 2. The molecule has 2 unspecified atom stereocenters. The Morgan fingerprint density at radius 2 is 2.00 bits per heavy atom. The molecule has 1 fully saturated rings. The van der Waals surface area contributed by atoms with Crippen LogP contribution in [0.15, 0.2) is 24.3 Å². The van der Waals surface area contributed by atoms with Crippen LogP contribution in [0.3, 0.4) is 0 Å². The predicted octanol–water partition coefficient (Wildman–Crippen LogP) is 3.08. The minimum atomic E-state index is 0.235. The molecule has 2 nitrogen and oxygen atoms in total. The molecule has 2 aliphatic rings. The summed E-state index contributed by atoms with van der Waals surface area (Å²) in [7, 11) is 0. The Bertz CT molecular complexity index is 514. The summed E-state index contributed by atoms with van der Waals surface area (Å²) in [4.78, 5) is 11.9. The maximum absolute atomic E-state index is 11.9. The van der Waals surface area contributed by atoms with Crippen molar-refractivity contribution in [2.75, 3.05) is 0 Å². The lowest BCUT2D eigenvalue weighted by Gasteiger charge is -2.14. The monoisotopic (exact) mass is 228 g/mol. The number of rotatable bonds is 1. The van der Waals surface area contributed by atoms with Gasteiger partial charge in [-0.15, -0.1) is 0 Å². The fourth-order valence-electron chi connectivity index (χ4n) is 3.17. The second kappa shape index (κ2) is 3.73. The Kier molecular flexibility index (Phi) is 2.32. The van der Waals surface area contributed by atoms with Crippen LogP contribution in [-0.4, -0.2) is 10.9 Å². The molecule has 88 valence electrons. The summed E-state index contributed by atoms with van der Waals surface area (Å²) in [5, 5.41) is 9.54. The molecule has 3 rings (SSSR count). The molecule has 2 heteroatoms. The number of hydrogen-bond acceptors (Lipinski definition) is 2. The average Bonchev–Trinajstić information content (AvgIpc) is 2.87. The number of aromatic hydroxyl groups is 1. The standard InChI is InChI=1S/C15H16O2/c1-9-7-10(5-6-14(9)16)13-8-15(17)12-4-2-3-11(12)13/h5-8,11-12,16H,2-4H2,1H3. The SMILES string of the molecule is Cc1cc(C2=CC(=O)C3CCCC23)ccc1O. The Morgan fingerprint density at radius 1 is 1.24 bits per heavy atom. The van der Waals surface area contributed by atoms with Crippen molar-refractivity contribution in [3.8, 4) is 5.75 Å². The van der Waals surface area contributed by atoms with Crippen LogP contribution < -0.4 is 0 Å². The molecule has 2 aliphatic carbocycles. The highest BCUT2D eigenvalue weighted by Crippen LogP contribution is 2.46. The number of hydrogen-bond donors (Lipinski definition) is 1. The van der Waals surface area contributed by atoms with Crippen LogP contribution in [0.4, 0.5) is 0 Å². The largest absolute Gasteiger partial charge is 0.508 e. The van der Waals surface area contributed by atoms with Crippen LogP contribution >= 0.6 is 0 Å². The molecule has 0 aliphatic heterocycles. The third kappa shape index (κ3) is 1.59. The molecule has 0 heterocycles. The van der Waals surface area contributed by atoms with Crippen LogP contribution in [0.5, 0.6) is 5.75 Å². The lowest BCUT2D eigenvalue weighted by molar-refractivity contribution is -0.117. The van der Waals surface area contributed by atoms with Gasteiger partial charge in [-0.2, -0.15) is 0 Å². The van der Waals surface area contributed by atoms with E-state index in [9.17, 15) is 9.90 Å². The maximum Gasteiger partial charge on any atom is 0.159 e. The van der Waals surface area contributed by atoms with Gasteiger partial charge in [0.25, 0.3) is 0 Å². The van der Waals surface area contributed by atoms with Crippen molar-refractivity contribution >= 4 is 11.4 Å². The van der Waals surface area contributed by atoms with Crippen molar-refractivity contribution in [3.05, 3.63) is 35.4 Å². The van der Waals surface area contributed by atoms with Gasteiger partial charge in [0.05, 0.1) is 0 Å². The van der Waals surface area contributed by atoms with E-state index in [0.29, 0.717) is 17.5 Å². The van der Waals surface area contributed by atoms with Crippen LogP contribution in [0.1, 0.15) is 30.4 Å². The van der Waals surface area contributed by atoms with E-state index in [0.717, 1.165) is 30.4 Å². The van der Waals surface area contributed by atoms with Gasteiger partial charge in [-0.05, 0) is 60.6 Å². The third-order valence-corrected chi connectivity index (χ3v) is 4.11. The summed E-state index contributed by atoms with van der Waals surface area (Å²) in [6, 6.07) is 5.62. The van der Waals surface area contributed by atoms with E-state index in [1.807, 2.05) is 25.1 Å². The molecule has 0 spiro atoms. The van der Waals surface area contributed by atoms with Crippen molar-refractivity contribution in [1.82, 2.24) is 0 Å². The molecule has 17 heavy (non-hydrogen) atoms. The zero-order valence-electron chi connectivity index (χ0n) is 9.94. The molecule has 1 aromatic rings. The van der Waals surface area contributed by atoms with Gasteiger partial charge in [0.1, 0.15) is 5.75 Å². The Labute approximate surface area is 101 Å². The van der Waals surface area contributed by atoms with Crippen LogP contribution in [-0.2, 0) is 4.79 Å². The summed E-state index contributed by atoms with van der Waals surface area (Å²) in [6.07, 6.45) is 5.15. The van der Waals surface area contributed by atoms with E-state index < -0.39 is 0 Å². The highest BCUT2D eigenvalue weighted by molar-refractivity contribution is 6.04. The Hall–Kier alpha value is -1.57. The number of carbonyl (C=O) groups excluding carboxylic acids is 1. The minimum Gasteiger partial charge on any atom is -0.508 e. The number of phenolic OH excluding ortho intramolecular Hbond substituents is 1. The van der Waals surface area contributed by atoms with Crippen LogP contribution in [0.2, 0.25) is 0 Å². The second-order valence-electron chi connectivity index (χ2n) is 5.15. The van der Waals surface area contributed by atoms with Gasteiger partial charge in [0, 0.05) is 5.92 Å². The van der Waals surface area contributed by atoms with E-state index in [4.69, 9.17) is 0 Å². The molecule has 1 saturated carbocycles. The lowest BCUT2D eigenvalue weighted by Crippen LogP contribution is -2.09. The van der Waals surface area contributed by atoms with Gasteiger partial charge < -0.3 is 5.11 Å². The molecular formula is C15H16O2. The van der Waals surface area contributed by atoms with Crippen molar-refractivity contribution in [1.29, 1.82) is 0 Å². The summed E-state index contributed by atoms with van der Waals surface area (Å²) in [6.45, 7) is 1.89. The van der Waals surface area contributed by atoms with E-state index in [-0.39, 0.29) is 5.92 Å². The molecule has 0 amide bonds. The quantitative estimate of drug-likeness (QED) is 0.802. The van der Waals surface area contributed by atoms with E-state index in [2.05, 4.69) is 0 Å². The van der Waals surface area contributed by atoms with Crippen LogP contribution in [0.25, 0.3) is 5.57 Å². The molecule has 1 N–H and O–H groups in total. The van der Waals surface area contributed by atoms with Gasteiger partial charge in [-0.25, -0.2) is 0 Å². The van der Waals surface area contributed by atoms with E-state index >= 15 is 0 Å². The first-order chi connectivity index (χ1) is 8.16. The van der Waals surface area contributed by atoms with Gasteiger partial charge in [-0.3, -0.25) is 4.79 Å². The Balaban J connectivity index is 2.01. The lowest BCUT2D eigenvalue weighted by atomic mass is 9.90. The number of benzene rings is 1. The predicted molar refractivity (Wildman–Crippen MR) is 66.7 cm³/mol. The number of phenols is 1. The number of carbonyl (C=O) groups is 1. The fraction of sp³-hybridized carbons (Fsp3) is 0.400. The molecule has 0 bridgehead atoms. The minimum absolute atomic E-state index is 0.235. The van der Waals surface area contributed by atoms with Gasteiger partial charge in [-0.1, -0.05) is 12.5 Å². The second-order valence-corrected chi connectivity index (χ2v) is 5.15. The van der Waals surface area contributed by atoms with Gasteiger partial charge >= 0.3 is 0 Å². The average molecular weight is 228 g/mol. The number of fused-ring (bicyclic) bond motifs is 1. The maximum atomic E-state index is 11.9. The first kappa shape index (κ1) is 10.6.